The molecule has 2 aliphatic rings. The van der Waals surface area contributed by atoms with Gasteiger partial charge in [-0.05, 0) is 51.2 Å². The van der Waals surface area contributed by atoms with E-state index in [0.29, 0.717) is 6.61 Å². The third kappa shape index (κ3) is 6.41. The molecule has 8 nitrogen and oxygen atoms in total. The molecule has 0 unspecified atom stereocenters. The van der Waals surface area contributed by atoms with Crippen molar-refractivity contribution in [3.05, 3.63) is 35.5 Å². The molecule has 0 saturated carbocycles. The van der Waals surface area contributed by atoms with Gasteiger partial charge in [0.2, 0.25) is 0 Å². The minimum absolute atomic E-state index is 0.500. The topological polar surface area (TPSA) is 66.0 Å². The Balaban J connectivity index is 1.43. The van der Waals surface area contributed by atoms with E-state index in [1.54, 1.807) is 7.11 Å². The molecule has 0 atom stereocenters. The van der Waals surface area contributed by atoms with Gasteiger partial charge < -0.3 is 24.6 Å². The maximum absolute atomic E-state index is 5.44. The van der Waals surface area contributed by atoms with E-state index in [1.807, 2.05) is 6.92 Å². The van der Waals surface area contributed by atoms with E-state index in [4.69, 9.17) is 19.4 Å². The summed E-state index contributed by atoms with van der Waals surface area (Å²) in [4.78, 5) is 17.0. The molecule has 2 aromatic rings. The molecule has 8 heteroatoms. The largest absolute Gasteiger partial charge is 0.380 e. The van der Waals surface area contributed by atoms with E-state index in [9.17, 15) is 0 Å². The summed E-state index contributed by atoms with van der Waals surface area (Å²) in [5.74, 6) is 1.64. The first kappa shape index (κ1) is 23.9. The fourth-order valence-electron chi connectivity index (χ4n) is 4.41. The van der Waals surface area contributed by atoms with Gasteiger partial charge in [-0.2, -0.15) is 0 Å². The fourth-order valence-corrected chi connectivity index (χ4v) is 4.41. The molecule has 2 aliphatic heterocycles. The number of methoxy groups -OCH3 is 1. The van der Waals surface area contributed by atoms with Crippen molar-refractivity contribution in [3.63, 3.8) is 0 Å². The van der Waals surface area contributed by atoms with Gasteiger partial charge in [-0.15, -0.1) is 0 Å². The molecular weight excluding hydrogens is 416 g/mol. The molecule has 1 aromatic carbocycles. The van der Waals surface area contributed by atoms with E-state index in [2.05, 4.69) is 51.3 Å². The second kappa shape index (κ2) is 11.7. The van der Waals surface area contributed by atoms with E-state index in [0.717, 1.165) is 100 Å². The number of hydrogen-bond donors (Lipinski definition) is 1. The standard InChI is InChI=1S/C25H38N6O2/c1-20-23(19-32-3)25(26-9-4-10-30-15-17-33-18-16-30)28-24(27-20)21-5-7-22(8-6-21)31-13-11-29(2)12-14-31/h5-8H,4,9-19H2,1-3H3,(H,26,27,28). The first-order chi connectivity index (χ1) is 16.1. The van der Waals surface area contributed by atoms with E-state index >= 15 is 0 Å². The number of hydrogen-bond acceptors (Lipinski definition) is 8. The lowest BCUT2D eigenvalue weighted by atomic mass is 10.1. The summed E-state index contributed by atoms with van der Waals surface area (Å²) >= 11 is 0. The van der Waals surface area contributed by atoms with Crippen LogP contribution in [0.5, 0.6) is 0 Å². The average Bonchev–Trinajstić information content (AvgIpc) is 2.85. The highest BCUT2D eigenvalue weighted by atomic mass is 16.5. The number of anilines is 2. The second-order valence-corrected chi connectivity index (χ2v) is 8.96. The zero-order valence-corrected chi connectivity index (χ0v) is 20.3. The summed E-state index contributed by atoms with van der Waals surface area (Å²) in [7, 11) is 3.90. The van der Waals surface area contributed by atoms with Crippen LogP contribution in [0.4, 0.5) is 11.5 Å². The van der Waals surface area contributed by atoms with Crippen LogP contribution in [0.15, 0.2) is 24.3 Å². The minimum Gasteiger partial charge on any atom is -0.380 e. The maximum Gasteiger partial charge on any atom is 0.161 e. The molecule has 0 bridgehead atoms. The number of morpholine rings is 1. The summed E-state index contributed by atoms with van der Waals surface area (Å²) in [6.07, 6.45) is 1.06. The van der Waals surface area contributed by atoms with Gasteiger partial charge >= 0.3 is 0 Å². The van der Waals surface area contributed by atoms with Crippen LogP contribution in [0.3, 0.4) is 0 Å². The SMILES string of the molecule is COCc1c(C)nc(-c2ccc(N3CCN(C)CC3)cc2)nc1NCCCN1CCOCC1. The molecule has 1 N–H and O–H groups in total. The molecule has 1 aromatic heterocycles. The highest BCUT2D eigenvalue weighted by molar-refractivity contribution is 5.63. The van der Waals surface area contributed by atoms with Crippen molar-refractivity contribution >= 4 is 11.5 Å². The zero-order chi connectivity index (χ0) is 23.0. The van der Waals surface area contributed by atoms with Gasteiger partial charge in [0.15, 0.2) is 5.82 Å². The molecule has 33 heavy (non-hydrogen) atoms. The van der Waals surface area contributed by atoms with E-state index in [-0.39, 0.29) is 0 Å². The monoisotopic (exact) mass is 454 g/mol. The third-order valence-corrected chi connectivity index (χ3v) is 6.54. The van der Waals surface area contributed by atoms with Crippen LogP contribution in [0.25, 0.3) is 11.4 Å². The Morgan fingerprint density at radius 3 is 2.42 bits per heavy atom. The summed E-state index contributed by atoms with van der Waals surface area (Å²) in [6, 6.07) is 8.66. The van der Waals surface area contributed by atoms with Crippen LogP contribution in [-0.4, -0.2) is 99.5 Å². The second-order valence-electron chi connectivity index (χ2n) is 8.96. The summed E-state index contributed by atoms with van der Waals surface area (Å²) in [5, 5.41) is 3.55. The molecule has 0 aliphatic carbocycles. The average molecular weight is 455 g/mol. The molecule has 0 spiro atoms. The Morgan fingerprint density at radius 2 is 1.73 bits per heavy atom. The van der Waals surface area contributed by atoms with Gasteiger partial charge in [-0.1, -0.05) is 0 Å². The highest BCUT2D eigenvalue weighted by Gasteiger charge is 2.16. The van der Waals surface area contributed by atoms with Crippen LogP contribution in [0, 0.1) is 6.92 Å². The van der Waals surface area contributed by atoms with Gasteiger partial charge in [0, 0.05) is 75.4 Å². The van der Waals surface area contributed by atoms with Gasteiger partial charge in [0.25, 0.3) is 0 Å². The van der Waals surface area contributed by atoms with Crippen molar-refractivity contribution < 1.29 is 9.47 Å². The van der Waals surface area contributed by atoms with Gasteiger partial charge in [-0.3, -0.25) is 4.90 Å². The predicted molar refractivity (Wildman–Crippen MR) is 133 cm³/mol. The number of aromatic nitrogens is 2. The van der Waals surface area contributed by atoms with Gasteiger partial charge in [0.05, 0.1) is 19.8 Å². The Labute approximate surface area is 197 Å². The first-order valence-electron chi connectivity index (χ1n) is 12.1. The van der Waals surface area contributed by atoms with Crippen molar-refractivity contribution in [2.24, 2.45) is 0 Å². The van der Waals surface area contributed by atoms with Crippen molar-refractivity contribution in [2.45, 2.75) is 20.0 Å². The summed E-state index contributed by atoms with van der Waals surface area (Å²) < 4.78 is 10.9. The lowest BCUT2D eigenvalue weighted by Gasteiger charge is -2.34. The molecular formula is C25H38N6O2. The van der Waals surface area contributed by atoms with Crippen molar-refractivity contribution in [1.29, 1.82) is 0 Å². The van der Waals surface area contributed by atoms with Crippen LogP contribution in [0.1, 0.15) is 17.7 Å². The van der Waals surface area contributed by atoms with Crippen LogP contribution >= 0.6 is 0 Å². The molecule has 4 rings (SSSR count). The van der Waals surface area contributed by atoms with E-state index < -0.39 is 0 Å². The fraction of sp³-hybridized carbons (Fsp3) is 0.600. The molecule has 180 valence electrons. The lowest BCUT2D eigenvalue weighted by Crippen LogP contribution is -2.44. The number of aryl methyl sites for hydroxylation is 1. The quantitative estimate of drug-likeness (QED) is 0.580. The number of nitrogens with zero attached hydrogens (tertiary/aromatic N) is 5. The zero-order valence-electron chi connectivity index (χ0n) is 20.3. The highest BCUT2D eigenvalue weighted by Crippen LogP contribution is 2.25. The molecule has 0 radical (unpaired) electrons. The number of ether oxygens (including phenoxy) is 2. The predicted octanol–water partition coefficient (Wildman–Crippen LogP) is 2.48. The summed E-state index contributed by atoms with van der Waals surface area (Å²) in [6.45, 7) is 12.5. The number of benzene rings is 1. The molecule has 3 heterocycles. The molecule has 2 fully saturated rings. The Kier molecular flexibility index (Phi) is 8.50. The van der Waals surface area contributed by atoms with Crippen molar-refractivity contribution in [3.8, 4) is 11.4 Å². The molecule has 0 amide bonds. The van der Waals surface area contributed by atoms with Crippen LogP contribution in [0.2, 0.25) is 0 Å². The van der Waals surface area contributed by atoms with Gasteiger partial charge in [0.1, 0.15) is 5.82 Å². The Morgan fingerprint density at radius 1 is 1.00 bits per heavy atom. The van der Waals surface area contributed by atoms with Gasteiger partial charge in [-0.25, -0.2) is 9.97 Å². The number of rotatable bonds is 9. The number of piperazine rings is 1. The minimum atomic E-state index is 0.500. The maximum atomic E-state index is 5.44. The Bertz CT molecular complexity index is 877. The van der Waals surface area contributed by atoms with Crippen LogP contribution in [-0.2, 0) is 16.1 Å². The van der Waals surface area contributed by atoms with Crippen molar-refractivity contribution in [1.82, 2.24) is 19.8 Å². The van der Waals surface area contributed by atoms with E-state index in [1.165, 1.54) is 5.69 Å². The number of likely N-dealkylation sites (N-methyl/N-ethyl adjacent to an activating group) is 1. The van der Waals surface area contributed by atoms with Crippen LogP contribution < -0.4 is 10.2 Å². The van der Waals surface area contributed by atoms with Crippen molar-refractivity contribution in [2.75, 3.05) is 89.9 Å². The number of nitrogens with one attached hydrogen (secondary N) is 1. The molecule has 2 saturated heterocycles. The first-order valence-corrected chi connectivity index (χ1v) is 12.1. The lowest BCUT2D eigenvalue weighted by molar-refractivity contribution is 0.0378. The smallest absolute Gasteiger partial charge is 0.161 e. The Hall–Kier alpha value is -2.26. The third-order valence-electron chi connectivity index (χ3n) is 6.54. The normalized spacial score (nSPS) is 18.0. The summed E-state index contributed by atoms with van der Waals surface area (Å²) in [5.41, 5.74) is 4.29.